The molecule has 1 aliphatic rings. The van der Waals surface area contributed by atoms with Crippen molar-refractivity contribution in [3.63, 3.8) is 0 Å². The molecule has 0 atom stereocenters. The predicted octanol–water partition coefficient (Wildman–Crippen LogP) is 3.88. The van der Waals surface area contributed by atoms with E-state index < -0.39 is 11.4 Å². The molecule has 2 rings (SSSR count). The molecule has 1 aromatic rings. The third kappa shape index (κ3) is 2.44. The van der Waals surface area contributed by atoms with E-state index in [1.54, 1.807) is 25.3 Å². The Labute approximate surface area is 118 Å². The zero-order chi connectivity index (χ0) is 14.0. The van der Waals surface area contributed by atoms with E-state index in [1.165, 1.54) is 0 Å². The van der Waals surface area contributed by atoms with Crippen LogP contribution in [0.5, 0.6) is 5.75 Å². The molecule has 0 spiro atoms. The molecular formula is C15H19ClO3. The molecule has 0 bridgehead atoms. The van der Waals surface area contributed by atoms with Crippen molar-refractivity contribution in [2.75, 3.05) is 7.11 Å². The fourth-order valence-electron chi connectivity index (χ4n) is 3.10. The van der Waals surface area contributed by atoms with Gasteiger partial charge in [0.15, 0.2) is 0 Å². The molecule has 0 heterocycles. The van der Waals surface area contributed by atoms with Crippen molar-refractivity contribution in [1.29, 1.82) is 0 Å². The lowest BCUT2D eigenvalue weighted by molar-refractivity contribution is -0.150. The van der Waals surface area contributed by atoms with Crippen molar-refractivity contribution < 1.29 is 14.6 Å². The summed E-state index contributed by atoms with van der Waals surface area (Å²) in [6.45, 7) is 2.13. The molecule has 1 N–H and O–H groups in total. The maximum atomic E-state index is 11.7. The van der Waals surface area contributed by atoms with Gasteiger partial charge in [0.2, 0.25) is 0 Å². The number of carboxylic acid groups (broad SMARTS) is 1. The van der Waals surface area contributed by atoms with E-state index in [-0.39, 0.29) is 0 Å². The van der Waals surface area contributed by atoms with E-state index in [1.807, 2.05) is 0 Å². The van der Waals surface area contributed by atoms with Crippen LogP contribution in [0.3, 0.4) is 0 Å². The van der Waals surface area contributed by atoms with Crippen LogP contribution in [0.15, 0.2) is 18.2 Å². The van der Waals surface area contributed by atoms with E-state index >= 15 is 0 Å². The number of hydrogen-bond donors (Lipinski definition) is 1. The Kier molecular flexibility index (Phi) is 4.04. The summed E-state index contributed by atoms with van der Waals surface area (Å²) >= 11 is 6.01. The predicted molar refractivity (Wildman–Crippen MR) is 74.9 cm³/mol. The van der Waals surface area contributed by atoms with Crippen molar-refractivity contribution in [3.8, 4) is 5.75 Å². The Morgan fingerprint density at radius 2 is 2.21 bits per heavy atom. The van der Waals surface area contributed by atoms with Crippen LogP contribution in [0.25, 0.3) is 0 Å². The number of hydrogen-bond acceptors (Lipinski definition) is 2. The molecule has 1 saturated carbocycles. The average Bonchev–Trinajstić information content (AvgIpc) is 2.32. The zero-order valence-electron chi connectivity index (χ0n) is 11.3. The topological polar surface area (TPSA) is 46.5 Å². The van der Waals surface area contributed by atoms with E-state index in [9.17, 15) is 9.90 Å². The second-order valence-corrected chi connectivity index (χ2v) is 5.73. The minimum absolute atomic E-state index is 0.491. The molecule has 104 valence electrons. The smallest absolute Gasteiger partial charge is 0.314 e. The van der Waals surface area contributed by atoms with E-state index in [2.05, 4.69) is 6.92 Å². The minimum atomic E-state index is -0.823. The van der Waals surface area contributed by atoms with Gasteiger partial charge in [-0.1, -0.05) is 31.4 Å². The lowest BCUT2D eigenvalue weighted by Crippen LogP contribution is -2.48. The minimum Gasteiger partial charge on any atom is -0.496 e. The van der Waals surface area contributed by atoms with Gasteiger partial charge in [0.05, 0.1) is 12.5 Å². The second-order valence-electron chi connectivity index (χ2n) is 5.29. The lowest BCUT2D eigenvalue weighted by atomic mass is 9.57. The SMILES string of the molecule is CCCC1CC(C(=O)O)(c2cc(Cl)ccc2OC)C1. The van der Waals surface area contributed by atoms with E-state index in [0.29, 0.717) is 35.1 Å². The first kappa shape index (κ1) is 14.2. The first-order valence-corrected chi connectivity index (χ1v) is 6.98. The molecule has 3 nitrogen and oxygen atoms in total. The molecule has 0 saturated heterocycles. The average molecular weight is 283 g/mol. The second kappa shape index (κ2) is 5.41. The maximum Gasteiger partial charge on any atom is 0.314 e. The molecule has 19 heavy (non-hydrogen) atoms. The highest BCUT2D eigenvalue weighted by molar-refractivity contribution is 6.30. The zero-order valence-corrected chi connectivity index (χ0v) is 12.0. The quantitative estimate of drug-likeness (QED) is 0.891. The summed E-state index contributed by atoms with van der Waals surface area (Å²) in [5.74, 6) is 0.326. The van der Waals surface area contributed by atoms with Gasteiger partial charge in [-0.25, -0.2) is 0 Å². The van der Waals surface area contributed by atoms with Gasteiger partial charge >= 0.3 is 5.97 Å². The van der Waals surface area contributed by atoms with Gasteiger partial charge in [0.25, 0.3) is 0 Å². The summed E-state index contributed by atoms with van der Waals surface area (Å²) in [7, 11) is 1.56. The Hall–Kier alpha value is -1.22. The van der Waals surface area contributed by atoms with Crippen LogP contribution >= 0.6 is 11.6 Å². The molecule has 0 unspecified atom stereocenters. The van der Waals surface area contributed by atoms with E-state index in [4.69, 9.17) is 16.3 Å². The van der Waals surface area contributed by atoms with Crippen LogP contribution in [-0.2, 0) is 10.2 Å². The summed E-state index contributed by atoms with van der Waals surface area (Å²) in [6.07, 6.45) is 3.52. The summed E-state index contributed by atoms with van der Waals surface area (Å²) in [5, 5.41) is 10.2. The largest absolute Gasteiger partial charge is 0.496 e. The number of rotatable bonds is 5. The van der Waals surface area contributed by atoms with Crippen LogP contribution in [0, 0.1) is 5.92 Å². The fourth-order valence-corrected chi connectivity index (χ4v) is 3.27. The van der Waals surface area contributed by atoms with Gasteiger partial charge in [0.1, 0.15) is 5.75 Å². The number of ether oxygens (including phenoxy) is 1. The van der Waals surface area contributed by atoms with Gasteiger partial charge in [-0.3, -0.25) is 4.79 Å². The number of carbonyl (C=O) groups is 1. The Balaban J connectivity index is 2.36. The number of carboxylic acids is 1. The summed E-state index contributed by atoms with van der Waals surface area (Å²) in [5.41, 5.74) is -0.113. The molecular weight excluding hydrogens is 264 g/mol. The Bertz CT molecular complexity index is 478. The third-order valence-corrected chi connectivity index (χ3v) is 4.29. The highest BCUT2D eigenvalue weighted by atomic mass is 35.5. The summed E-state index contributed by atoms with van der Waals surface area (Å²) in [4.78, 5) is 11.7. The van der Waals surface area contributed by atoms with Crippen LogP contribution in [0.2, 0.25) is 5.02 Å². The molecule has 1 aromatic carbocycles. The van der Waals surface area contributed by atoms with Gasteiger partial charge in [-0.05, 0) is 37.0 Å². The van der Waals surface area contributed by atoms with Crippen molar-refractivity contribution in [3.05, 3.63) is 28.8 Å². The van der Waals surface area contributed by atoms with Crippen LogP contribution in [0.1, 0.15) is 38.2 Å². The highest BCUT2D eigenvalue weighted by Gasteiger charge is 2.52. The van der Waals surface area contributed by atoms with Gasteiger partial charge in [-0.15, -0.1) is 0 Å². The van der Waals surface area contributed by atoms with Crippen LogP contribution in [0.4, 0.5) is 0 Å². The molecule has 1 fully saturated rings. The number of halogens is 1. The normalized spacial score (nSPS) is 25.7. The molecule has 0 radical (unpaired) electrons. The monoisotopic (exact) mass is 282 g/mol. The molecule has 1 aliphatic carbocycles. The first-order chi connectivity index (χ1) is 9.03. The highest BCUT2D eigenvalue weighted by Crippen LogP contribution is 2.52. The van der Waals surface area contributed by atoms with Crippen LogP contribution < -0.4 is 4.74 Å². The Morgan fingerprint density at radius 3 is 2.74 bits per heavy atom. The van der Waals surface area contributed by atoms with Gasteiger partial charge in [-0.2, -0.15) is 0 Å². The van der Waals surface area contributed by atoms with Crippen molar-refractivity contribution >= 4 is 17.6 Å². The molecule has 0 amide bonds. The fraction of sp³-hybridized carbons (Fsp3) is 0.533. The molecule has 0 aliphatic heterocycles. The number of methoxy groups -OCH3 is 1. The third-order valence-electron chi connectivity index (χ3n) is 4.06. The van der Waals surface area contributed by atoms with Crippen molar-refractivity contribution in [2.24, 2.45) is 5.92 Å². The maximum absolute atomic E-state index is 11.7. The molecule has 0 aromatic heterocycles. The summed E-state index contributed by atoms with van der Waals surface area (Å²) < 4.78 is 5.31. The van der Waals surface area contributed by atoms with Crippen molar-refractivity contribution in [2.45, 2.75) is 38.0 Å². The van der Waals surface area contributed by atoms with Gasteiger partial charge in [0, 0.05) is 10.6 Å². The van der Waals surface area contributed by atoms with Crippen LogP contribution in [-0.4, -0.2) is 18.2 Å². The number of aliphatic carboxylic acids is 1. The van der Waals surface area contributed by atoms with Crippen molar-refractivity contribution in [1.82, 2.24) is 0 Å². The number of benzene rings is 1. The first-order valence-electron chi connectivity index (χ1n) is 6.61. The Morgan fingerprint density at radius 1 is 1.53 bits per heavy atom. The molecule has 4 heteroatoms. The standard InChI is InChI=1S/C15H19ClO3/c1-3-4-10-8-15(9-10,14(17)18)12-7-11(16)5-6-13(12)19-2/h5-7,10H,3-4,8-9H2,1-2H3,(H,17,18). The lowest BCUT2D eigenvalue weighted by Gasteiger charge is -2.45. The summed E-state index contributed by atoms with van der Waals surface area (Å²) in [6, 6.07) is 5.20. The van der Waals surface area contributed by atoms with Gasteiger partial charge < -0.3 is 9.84 Å². The van der Waals surface area contributed by atoms with E-state index in [0.717, 1.165) is 12.8 Å².